The van der Waals surface area contributed by atoms with Gasteiger partial charge in [-0.25, -0.2) is 0 Å². The third kappa shape index (κ3) is 3.61. The lowest BCUT2D eigenvalue weighted by Gasteiger charge is -2.37. The molecule has 5 nitrogen and oxygen atoms in total. The number of rotatable bonds is 3. The van der Waals surface area contributed by atoms with E-state index in [2.05, 4.69) is 15.9 Å². The van der Waals surface area contributed by atoms with Gasteiger partial charge < -0.3 is 14.2 Å². The highest BCUT2D eigenvalue weighted by molar-refractivity contribution is 9.10. The number of carbonyl (C=O) groups is 2. The van der Waals surface area contributed by atoms with Crippen LogP contribution in [0.2, 0.25) is 0 Å². The van der Waals surface area contributed by atoms with Crippen molar-refractivity contribution in [1.29, 1.82) is 0 Å². The lowest BCUT2D eigenvalue weighted by Crippen LogP contribution is -2.53. The van der Waals surface area contributed by atoms with Crippen molar-refractivity contribution < 1.29 is 14.0 Å². The average molecular weight is 378 g/mol. The average Bonchev–Trinajstić information content (AvgIpc) is 2.92. The minimum atomic E-state index is -0.570. The molecular weight excluding hydrogens is 360 g/mol. The SMILES string of the molecule is CC(C)(CCl)C(=O)N1CCN(C(=O)c2ccc(Br)o2)CC1. The van der Waals surface area contributed by atoms with Crippen LogP contribution in [0.3, 0.4) is 0 Å². The van der Waals surface area contributed by atoms with Crippen molar-refractivity contribution in [2.45, 2.75) is 13.8 Å². The minimum absolute atomic E-state index is 0.0327. The Balaban J connectivity index is 1.94. The largest absolute Gasteiger partial charge is 0.444 e. The van der Waals surface area contributed by atoms with Crippen LogP contribution in [0.4, 0.5) is 0 Å². The van der Waals surface area contributed by atoms with Crippen molar-refractivity contribution in [3.8, 4) is 0 Å². The summed E-state index contributed by atoms with van der Waals surface area (Å²) in [6, 6.07) is 3.33. The van der Waals surface area contributed by atoms with E-state index in [0.717, 1.165) is 0 Å². The Morgan fingerprint density at radius 2 is 1.81 bits per heavy atom. The summed E-state index contributed by atoms with van der Waals surface area (Å²) in [4.78, 5) is 28.0. The summed E-state index contributed by atoms with van der Waals surface area (Å²) in [5.41, 5.74) is -0.570. The zero-order chi connectivity index (χ0) is 15.6. The van der Waals surface area contributed by atoms with E-state index in [-0.39, 0.29) is 17.7 Å². The number of halogens is 2. The van der Waals surface area contributed by atoms with Gasteiger partial charge in [0.05, 0.1) is 5.41 Å². The molecule has 0 saturated carbocycles. The Morgan fingerprint density at radius 1 is 1.24 bits per heavy atom. The molecule has 116 valence electrons. The van der Waals surface area contributed by atoms with Crippen LogP contribution in [-0.2, 0) is 4.79 Å². The zero-order valence-corrected chi connectivity index (χ0v) is 14.4. The molecule has 0 spiro atoms. The van der Waals surface area contributed by atoms with E-state index in [1.165, 1.54) is 0 Å². The summed E-state index contributed by atoms with van der Waals surface area (Å²) in [6.07, 6.45) is 0. The van der Waals surface area contributed by atoms with Crippen LogP contribution in [0, 0.1) is 5.41 Å². The summed E-state index contributed by atoms with van der Waals surface area (Å²) in [5, 5.41) is 0. The van der Waals surface area contributed by atoms with Crippen LogP contribution in [0.5, 0.6) is 0 Å². The summed E-state index contributed by atoms with van der Waals surface area (Å²) < 4.78 is 5.80. The smallest absolute Gasteiger partial charge is 0.289 e. The van der Waals surface area contributed by atoms with E-state index in [1.54, 1.807) is 21.9 Å². The second kappa shape index (κ2) is 6.40. The van der Waals surface area contributed by atoms with E-state index < -0.39 is 5.41 Å². The molecule has 2 heterocycles. The Kier molecular flexibility index (Phi) is 4.99. The van der Waals surface area contributed by atoms with Gasteiger partial charge in [0.15, 0.2) is 10.4 Å². The quantitative estimate of drug-likeness (QED) is 0.761. The van der Waals surface area contributed by atoms with Gasteiger partial charge in [0.25, 0.3) is 5.91 Å². The summed E-state index contributed by atoms with van der Waals surface area (Å²) in [7, 11) is 0. The monoisotopic (exact) mass is 376 g/mol. The molecule has 1 aliphatic heterocycles. The Labute approximate surface area is 137 Å². The molecule has 21 heavy (non-hydrogen) atoms. The molecular formula is C14H18BrClN2O3. The number of piperazine rings is 1. The molecule has 1 fully saturated rings. The van der Waals surface area contributed by atoms with Crippen LogP contribution in [0.25, 0.3) is 0 Å². The number of nitrogens with zero attached hydrogens (tertiary/aromatic N) is 2. The maximum absolute atomic E-state index is 12.3. The zero-order valence-electron chi connectivity index (χ0n) is 12.1. The molecule has 2 amide bonds. The van der Waals surface area contributed by atoms with Gasteiger partial charge in [-0.3, -0.25) is 9.59 Å². The molecule has 0 aliphatic carbocycles. The molecule has 2 rings (SSSR count). The van der Waals surface area contributed by atoms with Crippen molar-refractivity contribution in [2.24, 2.45) is 5.41 Å². The summed E-state index contributed by atoms with van der Waals surface area (Å²) in [5.74, 6) is 0.475. The van der Waals surface area contributed by atoms with Gasteiger partial charge in [0, 0.05) is 32.1 Å². The maximum atomic E-state index is 12.3. The fourth-order valence-electron chi connectivity index (χ4n) is 2.18. The van der Waals surface area contributed by atoms with Gasteiger partial charge in [0.2, 0.25) is 5.91 Å². The van der Waals surface area contributed by atoms with Crippen molar-refractivity contribution in [3.63, 3.8) is 0 Å². The molecule has 1 aromatic heterocycles. The van der Waals surface area contributed by atoms with Crippen LogP contribution in [0.15, 0.2) is 21.2 Å². The van der Waals surface area contributed by atoms with Gasteiger partial charge in [-0.05, 0) is 41.9 Å². The van der Waals surface area contributed by atoms with Gasteiger partial charge in [-0.1, -0.05) is 0 Å². The third-order valence-electron chi connectivity index (χ3n) is 3.55. The fraction of sp³-hybridized carbons (Fsp3) is 0.571. The standard InChI is InChI=1S/C14H18BrClN2O3/c1-14(2,9-16)13(20)18-7-5-17(6-8-18)12(19)10-3-4-11(15)21-10/h3-4H,5-9H2,1-2H3. The van der Waals surface area contributed by atoms with E-state index in [4.69, 9.17) is 16.0 Å². The molecule has 0 N–H and O–H groups in total. The number of carbonyl (C=O) groups excluding carboxylic acids is 2. The van der Waals surface area contributed by atoms with Gasteiger partial charge >= 0.3 is 0 Å². The predicted molar refractivity (Wildman–Crippen MR) is 83.4 cm³/mol. The van der Waals surface area contributed by atoms with E-state index in [9.17, 15) is 9.59 Å². The Bertz CT molecular complexity index is 536. The second-order valence-electron chi connectivity index (χ2n) is 5.71. The minimum Gasteiger partial charge on any atom is -0.444 e. The highest BCUT2D eigenvalue weighted by Gasteiger charge is 2.34. The Morgan fingerprint density at radius 3 is 2.29 bits per heavy atom. The molecule has 7 heteroatoms. The predicted octanol–water partition coefficient (Wildman–Crippen LogP) is 2.59. The van der Waals surface area contributed by atoms with Gasteiger partial charge in [0.1, 0.15) is 0 Å². The number of hydrogen-bond donors (Lipinski definition) is 0. The summed E-state index contributed by atoms with van der Waals surface area (Å²) in [6.45, 7) is 5.71. The molecule has 1 aromatic rings. The Hall–Kier alpha value is -1.01. The number of hydrogen-bond acceptors (Lipinski definition) is 3. The van der Waals surface area contributed by atoms with Crippen LogP contribution < -0.4 is 0 Å². The summed E-state index contributed by atoms with van der Waals surface area (Å²) >= 11 is 9.02. The van der Waals surface area contributed by atoms with Crippen LogP contribution in [0.1, 0.15) is 24.4 Å². The molecule has 0 aromatic carbocycles. The van der Waals surface area contributed by atoms with E-state index >= 15 is 0 Å². The molecule has 1 aliphatic rings. The van der Waals surface area contributed by atoms with Crippen molar-refractivity contribution in [1.82, 2.24) is 9.80 Å². The number of amides is 2. The van der Waals surface area contributed by atoms with Crippen LogP contribution in [-0.4, -0.2) is 53.7 Å². The van der Waals surface area contributed by atoms with Crippen LogP contribution >= 0.6 is 27.5 Å². The van der Waals surface area contributed by atoms with E-state index in [0.29, 0.717) is 36.6 Å². The molecule has 1 saturated heterocycles. The molecule has 0 bridgehead atoms. The molecule has 0 unspecified atom stereocenters. The maximum Gasteiger partial charge on any atom is 0.289 e. The highest BCUT2D eigenvalue weighted by atomic mass is 79.9. The first-order valence-electron chi connectivity index (χ1n) is 6.75. The van der Waals surface area contributed by atoms with Gasteiger partial charge in [-0.2, -0.15) is 0 Å². The lowest BCUT2D eigenvalue weighted by atomic mass is 9.94. The lowest BCUT2D eigenvalue weighted by molar-refractivity contribution is -0.140. The number of alkyl halides is 1. The first kappa shape index (κ1) is 16.4. The normalized spacial score (nSPS) is 16.2. The second-order valence-corrected chi connectivity index (χ2v) is 6.75. The first-order chi connectivity index (χ1) is 9.85. The van der Waals surface area contributed by atoms with Gasteiger partial charge in [-0.15, -0.1) is 11.6 Å². The first-order valence-corrected chi connectivity index (χ1v) is 8.08. The topological polar surface area (TPSA) is 53.8 Å². The highest BCUT2D eigenvalue weighted by Crippen LogP contribution is 2.22. The molecule has 0 radical (unpaired) electrons. The van der Waals surface area contributed by atoms with E-state index in [1.807, 2.05) is 13.8 Å². The number of furan rings is 1. The third-order valence-corrected chi connectivity index (χ3v) is 4.65. The van der Waals surface area contributed by atoms with Crippen molar-refractivity contribution >= 4 is 39.3 Å². The van der Waals surface area contributed by atoms with Crippen molar-refractivity contribution in [3.05, 3.63) is 22.6 Å². The fourth-order valence-corrected chi connectivity index (χ4v) is 2.60. The van der Waals surface area contributed by atoms with Crippen molar-refractivity contribution in [2.75, 3.05) is 32.1 Å². The molecule has 0 atom stereocenters.